The third-order valence-electron chi connectivity index (χ3n) is 3.84. The molecule has 3 nitrogen and oxygen atoms in total. The summed E-state index contributed by atoms with van der Waals surface area (Å²) in [5.41, 5.74) is 0. The maximum atomic E-state index is 11.7. The molecule has 0 aromatic heterocycles. The zero-order chi connectivity index (χ0) is 13.8. The summed E-state index contributed by atoms with van der Waals surface area (Å²) < 4.78 is 5.33. The van der Waals surface area contributed by atoms with E-state index in [4.69, 9.17) is 4.74 Å². The maximum absolute atomic E-state index is 11.7. The fourth-order valence-corrected chi connectivity index (χ4v) is 2.56. The molecule has 19 heavy (non-hydrogen) atoms. The monoisotopic (exact) mass is 269 g/mol. The van der Waals surface area contributed by atoms with Gasteiger partial charge in [0.25, 0.3) is 0 Å². The molecular weight excluding hydrogens is 238 g/mol. The van der Waals surface area contributed by atoms with Crippen molar-refractivity contribution in [2.75, 3.05) is 13.2 Å². The van der Waals surface area contributed by atoms with Crippen molar-refractivity contribution in [3.8, 4) is 0 Å². The number of hydrogen-bond donors (Lipinski definition) is 1. The van der Waals surface area contributed by atoms with Gasteiger partial charge >= 0.3 is 5.97 Å². The van der Waals surface area contributed by atoms with E-state index in [2.05, 4.69) is 12.2 Å². The van der Waals surface area contributed by atoms with E-state index in [0.717, 1.165) is 25.8 Å². The van der Waals surface area contributed by atoms with Gasteiger partial charge in [0, 0.05) is 0 Å². The van der Waals surface area contributed by atoms with E-state index in [1.165, 1.54) is 51.4 Å². The molecule has 0 aromatic rings. The van der Waals surface area contributed by atoms with Crippen LogP contribution >= 0.6 is 0 Å². The maximum Gasteiger partial charge on any atom is 0.323 e. The van der Waals surface area contributed by atoms with Crippen molar-refractivity contribution in [2.45, 2.75) is 83.6 Å². The average Bonchev–Trinajstić information content (AvgIpc) is 2.46. The second-order valence-electron chi connectivity index (χ2n) is 5.64. The second kappa shape index (κ2) is 11.3. The van der Waals surface area contributed by atoms with Crippen LogP contribution < -0.4 is 5.32 Å². The van der Waals surface area contributed by atoms with E-state index in [-0.39, 0.29) is 12.0 Å². The number of carbonyl (C=O) groups is 1. The summed E-state index contributed by atoms with van der Waals surface area (Å²) in [6.07, 6.45) is 13.5. The molecule has 1 rings (SSSR count). The molecule has 1 unspecified atom stereocenters. The molecule has 0 aliphatic carbocycles. The second-order valence-corrected chi connectivity index (χ2v) is 5.64. The summed E-state index contributed by atoms with van der Waals surface area (Å²) in [6, 6.07) is -0.0391. The van der Waals surface area contributed by atoms with E-state index >= 15 is 0 Å². The summed E-state index contributed by atoms with van der Waals surface area (Å²) >= 11 is 0. The number of esters is 1. The van der Waals surface area contributed by atoms with Crippen molar-refractivity contribution in [3.63, 3.8) is 0 Å². The molecule has 1 aliphatic rings. The van der Waals surface area contributed by atoms with Crippen molar-refractivity contribution >= 4 is 5.97 Å². The topological polar surface area (TPSA) is 38.3 Å². The predicted octanol–water partition coefficient (Wildman–Crippen LogP) is 3.81. The molecule has 1 aliphatic heterocycles. The highest BCUT2D eigenvalue weighted by atomic mass is 16.5. The number of nitrogens with one attached hydrogen (secondary N) is 1. The number of ether oxygens (including phenoxy) is 1. The van der Waals surface area contributed by atoms with E-state index in [0.29, 0.717) is 6.61 Å². The molecule has 1 N–H and O–H groups in total. The highest BCUT2D eigenvalue weighted by Crippen LogP contribution is 2.10. The third kappa shape index (κ3) is 8.25. The van der Waals surface area contributed by atoms with E-state index in [1.807, 2.05) is 0 Å². The molecular formula is C16H31NO2. The molecule has 0 radical (unpaired) electrons. The van der Waals surface area contributed by atoms with Gasteiger partial charge in [-0.1, -0.05) is 58.3 Å². The fourth-order valence-electron chi connectivity index (χ4n) is 2.56. The van der Waals surface area contributed by atoms with Gasteiger partial charge in [-0.15, -0.1) is 0 Å². The summed E-state index contributed by atoms with van der Waals surface area (Å²) in [6.45, 7) is 3.80. The Labute approximate surface area is 118 Å². The van der Waals surface area contributed by atoms with Gasteiger partial charge in [-0.05, 0) is 25.8 Å². The largest absolute Gasteiger partial charge is 0.465 e. The summed E-state index contributed by atoms with van der Waals surface area (Å²) in [4.78, 5) is 11.7. The number of carbonyl (C=O) groups excluding carboxylic acids is 1. The van der Waals surface area contributed by atoms with E-state index in [9.17, 15) is 4.79 Å². The molecule has 0 spiro atoms. The smallest absolute Gasteiger partial charge is 0.323 e. The molecule has 0 aromatic carbocycles. The Morgan fingerprint density at radius 1 is 1.05 bits per heavy atom. The first-order valence-corrected chi connectivity index (χ1v) is 8.24. The van der Waals surface area contributed by atoms with Crippen LogP contribution in [0.2, 0.25) is 0 Å². The minimum Gasteiger partial charge on any atom is -0.465 e. The number of unbranched alkanes of at least 4 members (excludes halogenated alkanes) is 7. The van der Waals surface area contributed by atoms with Gasteiger partial charge in [-0.25, -0.2) is 0 Å². The van der Waals surface area contributed by atoms with Crippen LogP contribution in [0.25, 0.3) is 0 Å². The Bertz CT molecular complexity index is 225. The molecule has 3 heteroatoms. The Balaban J connectivity index is 1.86. The average molecular weight is 269 g/mol. The number of hydrogen-bond acceptors (Lipinski definition) is 3. The molecule has 0 bridgehead atoms. The first-order chi connectivity index (χ1) is 9.34. The molecule has 1 fully saturated rings. The predicted molar refractivity (Wildman–Crippen MR) is 79.2 cm³/mol. The minimum atomic E-state index is -0.0392. The van der Waals surface area contributed by atoms with Crippen molar-refractivity contribution in [2.24, 2.45) is 0 Å². The summed E-state index contributed by atoms with van der Waals surface area (Å²) in [5, 5.41) is 3.23. The van der Waals surface area contributed by atoms with Crippen LogP contribution in [0.1, 0.15) is 77.6 Å². The highest BCUT2D eigenvalue weighted by molar-refractivity contribution is 5.75. The summed E-state index contributed by atoms with van der Waals surface area (Å²) in [5.74, 6) is -0.0392. The van der Waals surface area contributed by atoms with Crippen LogP contribution in [-0.4, -0.2) is 25.2 Å². The first kappa shape index (κ1) is 16.5. The first-order valence-electron chi connectivity index (χ1n) is 8.24. The molecule has 0 saturated carbocycles. The molecule has 0 amide bonds. The van der Waals surface area contributed by atoms with Crippen LogP contribution in [-0.2, 0) is 9.53 Å². The lowest BCUT2D eigenvalue weighted by Crippen LogP contribution is -2.41. The molecule has 1 heterocycles. The fraction of sp³-hybridized carbons (Fsp3) is 0.938. The van der Waals surface area contributed by atoms with Gasteiger partial charge in [0.2, 0.25) is 0 Å². The van der Waals surface area contributed by atoms with Crippen LogP contribution in [0, 0.1) is 0 Å². The Morgan fingerprint density at radius 2 is 1.74 bits per heavy atom. The lowest BCUT2D eigenvalue weighted by atomic mass is 10.1. The van der Waals surface area contributed by atoms with Gasteiger partial charge in [0.05, 0.1) is 6.61 Å². The number of piperidine rings is 1. The van der Waals surface area contributed by atoms with Crippen LogP contribution in [0.3, 0.4) is 0 Å². The van der Waals surface area contributed by atoms with Gasteiger partial charge in [0.15, 0.2) is 0 Å². The van der Waals surface area contributed by atoms with E-state index < -0.39 is 0 Å². The quantitative estimate of drug-likeness (QED) is 0.484. The van der Waals surface area contributed by atoms with Crippen molar-refractivity contribution in [1.29, 1.82) is 0 Å². The Kier molecular flexibility index (Phi) is 9.78. The number of rotatable bonds is 10. The third-order valence-corrected chi connectivity index (χ3v) is 3.84. The van der Waals surface area contributed by atoms with Gasteiger partial charge < -0.3 is 10.1 Å². The summed E-state index contributed by atoms with van der Waals surface area (Å²) in [7, 11) is 0. The van der Waals surface area contributed by atoms with Crippen molar-refractivity contribution in [3.05, 3.63) is 0 Å². The van der Waals surface area contributed by atoms with Crippen LogP contribution in [0.4, 0.5) is 0 Å². The zero-order valence-corrected chi connectivity index (χ0v) is 12.6. The lowest BCUT2D eigenvalue weighted by molar-refractivity contribution is -0.146. The normalized spacial score (nSPS) is 19.3. The molecule has 1 atom stereocenters. The zero-order valence-electron chi connectivity index (χ0n) is 12.6. The standard InChI is InChI=1S/C16H31NO2/c1-2-3-4-5-6-7-8-11-14-19-16(18)15-12-9-10-13-17-15/h15,17H,2-14H2,1H3. The Hall–Kier alpha value is -0.570. The van der Waals surface area contributed by atoms with Crippen molar-refractivity contribution in [1.82, 2.24) is 5.32 Å². The van der Waals surface area contributed by atoms with Gasteiger partial charge in [-0.2, -0.15) is 0 Å². The van der Waals surface area contributed by atoms with Crippen LogP contribution in [0.5, 0.6) is 0 Å². The van der Waals surface area contributed by atoms with E-state index in [1.54, 1.807) is 0 Å². The van der Waals surface area contributed by atoms with Gasteiger partial charge in [0.1, 0.15) is 6.04 Å². The molecule has 112 valence electrons. The SMILES string of the molecule is CCCCCCCCCCOC(=O)C1CCCCN1. The minimum absolute atomic E-state index is 0.0391. The van der Waals surface area contributed by atoms with Crippen LogP contribution in [0.15, 0.2) is 0 Å². The highest BCUT2D eigenvalue weighted by Gasteiger charge is 2.21. The molecule has 1 saturated heterocycles. The Morgan fingerprint density at radius 3 is 2.37 bits per heavy atom. The van der Waals surface area contributed by atoms with Crippen molar-refractivity contribution < 1.29 is 9.53 Å². The van der Waals surface area contributed by atoms with Gasteiger partial charge in [-0.3, -0.25) is 4.79 Å². The lowest BCUT2D eigenvalue weighted by Gasteiger charge is -2.21.